The van der Waals surface area contributed by atoms with E-state index in [0.29, 0.717) is 0 Å². The van der Waals surface area contributed by atoms with E-state index in [9.17, 15) is 4.79 Å². The van der Waals surface area contributed by atoms with Gasteiger partial charge in [0.25, 0.3) is 0 Å². The SMILES string of the molecule is NC(=O)[C@@H]1CCCCN1Cc1cccc2ccccc12. The van der Waals surface area contributed by atoms with E-state index < -0.39 is 0 Å². The molecule has 0 aromatic heterocycles. The number of fused-ring (bicyclic) bond motifs is 1. The zero-order chi connectivity index (χ0) is 13.9. The van der Waals surface area contributed by atoms with Gasteiger partial charge in [0.2, 0.25) is 5.91 Å². The molecule has 0 radical (unpaired) electrons. The molecule has 2 aromatic carbocycles. The molecule has 2 aromatic rings. The lowest BCUT2D eigenvalue weighted by Gasteiger charge is -2.33. The van der Waals surface area contributed by atoms with Crippen LogP contribution in [-0.2, 0) is 11.3 Å². The Kier molecular flexibility index (Phi) is 3.70. The second-order valence-electron chi connectivity index (χ2n) is 5.52. The molecule has 3 rings (SSSR count). The molecule has 2 N–H and O–H groups in total. The predicted molar refractivity (Wildman–Crippen MR) is 81.2 cm³/mol. The van der Waals surface area contributed by atoms with E-state index in [0.717, 1.165) is 32.4 Å². The number of amides is 1. The van der Waals surface area contributed by atoms with Crippen LogP contribution in [0.2, 0.25) is 0 Å². The average molecular weight is 268 g/mol. The van der Waals surface area contributed by atoms with Gasteiger partial charge in [-0.1, -0.05) is 48.9 Å². The van der Waals surface area contributed by atoms with Crippen LogP contribution in [0.4, 0.5) is 0 Å². The Morgan fingerprint density at radius 1 is 1.15 bits per heavy atom. The predicted octanol–water partition coefficient (Wildman–Crippen LogP) is 2.68. The van der Waals surface area contributed by atoms with Gasteiger partial charge >= 0.3 is 0 Å². The Bertz CT molecular complexity index is 618. The van der Waals surface area contributed by atoms with E-state index in [-0.39, 0.29) is 11.9 Å². The van der Waals surface area contributed by atoms with E-state index in [1.165, 1.54) is 16.3 Å². The van der Waals surface area contributed by atoms with Crippen LogP contribution in [-0.4, -0.2) is 23.4 Å². The van der Waals surface area contributed by atoms with Crippen LogP contribution in [0.15, 0.2) is 42.5 Å². The van der Waals surface area contributed by atoms with Crippen molar-refractivity contribution in [3.63, 3.8) is 0 Å². The third kappa shape index (κ3) is 2.54. The fourth-order valence-electron chi connectivity index (χ4n) is 3.15. The third-order valence-corrected chi connectivity index (χ3v) is 4.20. The minimum atomic E-state index is -0.190. The first-order chi connectivity index (χ1) is 9.75. The highest BCUT2D eigenvalue weighted by Gasteiger charge is 2.26. The Labute approximate surface area is 119 Å². The monoisotopic (exact) mass is 268 g/mol. The molecule has 1 fully saturated rings. The number of carbonyl (C=O) groups is 1. The molecule has 0 bridgehead atoms. The summed E-state index contributed by atoms with van der Waals surface area (Å²) in [6.45, 7) is 1.76. The Morgan fingerprint density at radius 3 is 2.80 bits per heavy atom. The molecular formula is C17H20N2O. The summed E-state index contributed by atoms with van der Waals surface area (Å²) in [5.74, 6) is -0.190. The van der Waals surface area contributed by atoms with Crippen molar-refractivity contribution in [3.8, 4) is 0 Å². The summed E-state index contributed by atoms with van der Waals surface area (Å²) >= 11 is 0. The van der Waals surface area contributed by atoms with Crippen LogP contribution >= 0.6 is 0 Å². The molecule has 3 heteroatoms. The molecule has 0 unspecified atom stereocenters. The van der Waals surface area contributed by atoms with Gasteiger partial charge in [-0.3, -0.25) is 9.69 Å². The minimum Gasteiger partial charge on any atom is -0.368 e. The van der Waals surface area contributed by atoms with Gasteiger partial charge in [-0.15, -0.1) is 0 Å². The molecule has 3 nitrogen and oxygen atoms in total. The number of benzene rings is 2. The van der Waals surface area contributed by atoms with Gasteiger partial charge in [-0.05, 0) is 35.7 Å². The van der Waals surface area contributed by atoms with Gasteiger partial charge in [-0.2, -0.15) is 0 Å². The lowest BCUT2D eigenvalue weighted by Crippen LogP contribution is -2.47. The van der Waals surface area contributed by atoms with E-state index in [1.54, 1.807) is 0 Å². The largest absolute Gasteiger partial charge is 0.368 e. The highest BCUT2D eigenvalue weighted by molar-refractivity contribution is 5.85. The summed E-state index contributed by atoms with van der Waals surface area (Å²) < 4.78 is 0. The van der Waals surface area contributed by atoms with Gasteiger partial charge in [-0.25, -0.2) is 0 Å². The Balaban J connectivity index is 1.90. The summed E-state index contributed by atoms with van der Waals surface area (Å²) in [5.41, 5.74) is 6.82. The van der Waals surface area contributed by atoms with E-state index in [1.807, 2.05) is 0 Å². The van der Waals surface area contributed by atoms with E-state index >= 15 is 0 Å². The number of carbonyl (C=O) groups excluding carboxylic acids is 1. The van der Waals surface area contributed by atoms with Crippen molar-refractivity contribution in [2.24, 2.45) is 5.73 Å². The molecule has 104 valence electrons. The summed E-state index contributed by atoms with van der Waals surface area (Å²) in [4.78, 5) is 13.8. The third-order valence-electron chi connectivity index (χ3n) is 4.20. The fourth-order valence-corrected chi connectivity index (χ4v) is 3.15. The molecule has 20 heavy (non-hydrogen) atoms. The number of nitrogens with zero attached hydrogens (tertiary/aromatic N) is 1. The zero-order valence-electron chi connectivity index (χ0n) is 11.6. The summed E-state index contributed by atoms with van der Waals surface area (Å²) in [7, 11) is 0. The Hall–Kier alpha value is -1.87. The topological polar surface area (TPSA) is 46.3 Å². The van der Waals surface area contributed by atoms with Crippen LogP contribution in [0.3, 0.4) is 0 Å². The molecule has 1 saturated heterocycles. The lowest BCUT2D eigenvalue weighted by molar-refractivity contribution is -0.124. The number of piperidine rings is 1. The zero-order valence-corrected chi connectivity index (χ0v) is 11.6. The average Bonchev–Trinajstić information content (AvgIpc) is 2.48. The first kappa shape index (κ1) is 13.1. The first-order valence-electron chi connectivity index (χ1n) is 7.26. The van der Waals surface area contributed by atoms with Gasteiger partial charge in [0.1, 0.15) is 0 Å². The van der Waals surface area contributed by atoms with Crippen molar-refractivity contribution in [2.75, 3.05) is 6.54 Å². The summed E-state index contributed by atoms with van der Waals surface area (Å²) in [5, 5.41) is 2.52. The minimum absolute atomic E-state index is 0.109. The van der Waals surface area contributed by atoms with Crippen LogP contribution in [0, 0.1) is 0 Å². The molecular weight excluding hydrogens is 248 g/mol. The first-order valence-corrected chi connectivity index (χ1v) is 7.26. The maximum absolute atomic E-state index is 11.6. The Morgan fingerprint density at radius 2 is 1.95 bits per heavy atom. The molecule has 1 aliphatic rings. The normalized spacial score (nSPS) is 20.1. The molecule has 1 amide bonds. The van der Waals surface area contributed by atoms with Gasteiger partial charge < -0.3 is 5.73 Å². The molecule has 0 aliphatic carbocycles. The van der Waals surface area contributed by atoms with E-state index in [2.05, 4.69) is 47.4 Å². The second-order valence-corrected chi connectivity index (χ2v) is 5.52. The maximum atomic E-state index is 11.6. The van der Waals surface area contributed by atoms with Crippen molar-refractivity contribution < 1.29 is 4.79 Å². The molecule has 1 aliphatic heterocycles. The van der Waals surface area contributed by atoms with Gasteiger partial charge in [0.05, 0.1) is 6.04 Å². The van der Waals surface area contributed by atoms with Crippen molar-refractivity contribution in [2.45, 2.75) is 31.8 Å². The quantitative estimate of drug-likeness (QED) is 0.930. The molecule has 1 heterocycles. The fraction of sp³-hybridized carbons (Fsp3) is 0.353. The van der Waals surface area contributed by atoms with Crippen LogP contribution in [0.25, 0.3) is 10.8 Å². The van der Waals surface area contributed by atoms with E-state index in [4.69, 9.17) is 5.73 Å². The molecule has 0 saturated carbocycles. The van der Waals surface area contributed by atoms with Gasteiger partial charge in [0.15, 0.2) is 0 Å². The highest BCUT2D eigenvalue weighted by Crippen LogP contribution is 2.24. The number of nitrogens with two attached hydrogens (primary N) is 1. The second kappa shape index (κ2) is 5.63. The number of rotatable bonds is 3. The summed E-state index contributed by atoms with van der Waals surface area (Å²) in [6.07, 6.45) is 3.13. The standard InChI is InChI=1S/C17H20N2O/c18-17(20)16-10-3-4-11-19(16)12-14-8-5-7-13-6-1-2-9-15(13)14/h1-2,5-9,16H,3-4,10-12H2,(H2,18,20)/t16-/m0/s1. The number of hydrogen-bond donors (Lipinski definition) is 1. The molecule has 1 atom stereocenters. The lowest BCUT2D eigenvalue weighted by atomic mass is 9.99. The summed E-state index contributed by atoms with van der Waals surface area (Å²) in [6, 6.07) is 14.6. The number of primary amides is 1. The number of hydrogen-bond acceptors (Lipinski definition) is 2. The van der Waals surface area contributed by atoms with Crippen molar-refractivity contribution in [3.05, 3.63) is 48.0 Å². The van der Waals surface area contributed by atoms with Crippen molar-refractivity contribution in [1.29, 1.82) is 0 Å². The maximum Gasteiger partial charge on any atom is 0.234 e. The smallest absolute Gasteiger partial charge is 0.234 e. The molecule has 0 spiro atoms. The van der Waals surface area contributed by atoms with Crippen molar-refractivity contribution >= 4 is 16.7 Å². The number of likely N-dealkylation sites (tertiary alicyclic amines) is 1. The highest BCUT2D eigenvalue weighted by atomic mass is 16.1. The van der Waals surface area contributed by atoms with Crippen molar-refractivity contribution in [1.82, 2.24) is 4.90 Å². The van der Waals surface area contributed by atoms with Crippen LogP contribution in [0.5, 0.6) is 0 Å². The van der Waals surface area contributed by atoms with Crippen LogP contribution < -0.4 is 5.73 Å². The van der Waals surface area contributed by atoms with Gasteiger partial charge in [0, 0.05) is 6.54 Å². The van der Waals surface area contributed by atoms with Crippen LogP contribution in [0.1, 0.15) is 24.8 Å².